The van der Waals surface area contributed by atoms with Crippen LogP contribution in [0.4, 0.5) is 0 Å². The van der Waals surface area contributed by atoms with Crippen molar-refractivity contribution in [2.75, 3.05) is 6.54 Å². The monoisotopic (exact) mass is 212 g/mol. The van der Waals surface area contributed by atoms with Crippen LogP contribution in [0, 0.1) is 0 Å². The standard InChI is InChI=1S/C12H24N2O/c1-6-8-14-11(7-2)15-12(4,5)9-10(3)13-14/h11H,6-9H2,1-5H3. The second-order valence-electron chi connectivity index (χ2n) is 4.92. The zero-order chi connectivity index (χ0) is 11.5. The van der Waals surface area contributed by atoms with Crippen LogP contribution in [0.25, 0.3) is 0 Å². The van der Waals surface area contributed by atoms with Gasteiger partial charge in [0.2, 0.25) is 0 Å². The summed E-state index contributed by atoms with van der Waals surface area (Å²) in [5.74, 6) is 0. The fourth-order valence-electron chi connectivity index (χ4n) is 2.12. The SMILES string of the molecule is CCCN1N=C(C)CC(C)(C)OC1CC. The molecular weight excluding hydrogens is 188 g/mol. The molecule has 0 amide bonds. The van der Waals surface area contributed by atoms with Gasteiger partial charge in [0.15, 0.2) is 0 Å². The van der Waals surface area contributed by atoms with Gasteiger partial charge in [-0.1, -0.05) is 13.8 Å². The molecule has 0 aromatic heterocycles. The number of rotatable bonds is 3. The summed E-state index contributed by atoms with van der Waals surface area (Å²) in [7, 11) is 0. The second kappa shape index (κ2) is 4.97. The van der Waals surface area contributed by atoms with Crippen molar-refractivity contribution in [3.05, 3.63) is 0 Å². The Balaban J connectivity index is 2.82. The number of ether oxygens (including phenoxy) is 1. The van der Waals surface area contributed by atoms with Gasteiger partial charge in [0.1, 0.15) is 6.23 Å². The maximum Gasteiger partial charge on any atom is 0.146 e. The highest BCUT2D eigenvalue weighted by atomic mass is 16.5. The summed E-state index contributed by atoms with van der Waals surface area (Å²) < 4.78 is 6.09. The van der Waals surface area contributed by atoms with E-state index in [9.17, 15) is 0 Å². The van der Waals surface area contributed by atoms with Crippen LogP contribution in [0.2, 0.25) is 0 Å². The lowest BCUT2D eigenvalue weighted by atomic mass is 10.0. The topological polar surface area (TPSA) is 24.8 Å². The Morgan fingerprint density at radius 2 is 2.13 bits per heavy atom. The second-order valence-corrected chi connectivity index (χ2v) is 4.92. The van der Waals surface area contributed by atoms with E-state index in [4.69, 9.17) is 4.74 Å². The number of hydrogen-bond donors (Lipinski definition) is 0. The third-order valence-corrected chi connectivity index (χ3v) is 2.57. The normalized spacial score (nSPS) is 26.1. The summed E-state index contributed by atoms with van der Waals surface area (Å²) in [5, 5.41) is 6.74. The fraction of sp³-hybridized carbons (Fsp3) is 0.917. The lowest BCUT2D eigenvalue weighted by Crippen LogP contribution is -2.38. The molecule has 0 aromatic rings. The van der Waals surface area contributed by atoms with Crippen LogP contribution in [0.15, 0.2) is 5.10 Å². The van der Waals surface area contributed by atoms with E-state index in [1.54, 1.807) is 0 Å². The summed E-state index contributed by atoms with van der Waals surface area (Å²) >= 11 is 0. The minimum absolute atomic E-state index is 0.0866. The molecular formula is C12H24N2O. The van der Waals surface area contributed by atoms with Gasteiger partial charge in [-0.25, -0.2) is 0 Å². The molecule has 1 aliphatic rings. The zero-order valence-electron chi connectivity index (χ0n) is 10.7. The van der Waals surface area contributed by atoms with E-state index in [-0.39, 0.29) is 11.8 Å². The summed E-state index contributed by atoms with van der Waals surface area (Å²) in [6, 6.07) is 0. The van der Waals surface area contributed by atoms with Crippen molar-refractivity contribution in [2.24, 2.45) is 5.10 Å². The van der Waals surface area contributed by atoms with Crippen molar-refractivity contribution in [3.8, 4) is 0 Å². The summed E-state index contributed by atoms with van der Waals surface area (Å²) in [5.41, 5.74) is 1.08. The lowest BCUT2D eigenvalue weighted by molar-refractivity contribution is -0.132. The highest BCUT2D eigenvalue weighted by molar-refractivity contribution is 5.82. The summed E-state index contributed by atoms with van der Waals surface area (Å²) in [4.78, 5) is 0. The fourth-order valence-corrected chi connectivity index (χ4v) is 2.12. The minimum atomic E-state index is -0.0866. The van der Waals surface area contributed by atoms with E-state index in [1.807, 2.05) is 0 Å². The molecule has 0 spiro atoms. The van der Waals surface area contributed by atoms with E-state index >= 15 is 0 Å². The zero-order valence-corrected chi connectivity index (χ0v) is 10.7. The third kappa shape index (κ3) is 3.49. The van der Waals surface area contributed by atoms with E-state index in [0.29, 0.717) is 0 Å². The molecule has 0 saturated carbocycles. The number of hydrogen-bond acceptors (Lipinski definition) is 3. The van der Waals surface area contributed by atoms with Gasteiger partial charge < -0.3 is 4.74 Å². The smallest absolute Gasteiger partial charge is 0.146 e. The van der Waals surface area contributed by atoms with Crippen LogP contribution < -0.4 is 0 Å². The van der Waals surface area contributed by atoms with Gasteiger partial charge in [-0.3, -0.25) is 5.01 Å². The van der Waals surface area contributed by atoms with Crippen molar-refractivity contribution in [1.82, 2.24) is 5.01 Å². The van der Waals surface area contributed by atoms with Gasteiger partial charge in [0, 0.05) is 18.7 Å². The quantitative estimate of drug-likeness (QED) is 0.718. The molecule has 0 fully saturated rings. The van der Waals surface area contributed by atoms with Crippen LogP contribution >= 0.6 is 0 Å². The van der Waals surface area contributed by atoms with Gasteiger partial charge in [-0.2, -0.15) is 5.10 Å². The van der Waals surface area contributed by atoms with Gasteiger partial charge in [-0.05, 0) is 33.6 Å². The molecule has 1 atom stereocenters. The Morgan fingerprint density at radius 3 is 2.67 bits per heavy atom. The first-order chi connectivity index (χ1) is 6.98. The van der Waals surface area contributed by atoms with E-state index in [2.05, 4.69) is 44.7 Å². The third-order valence-electron chi connectivity index (χ3n) is 2.57. The highest BCUT2D eigenvalue weighted by Crippen LogP contribution is 2.25. The van der Waals surface area contributed by atoms with Crippen molar-refractivity contribution >= 4 is 5.71 Å². The molecule has 0 radical (unpaired) electrons. The maximum atomic E-state index is 6.09. The van der Waals surface area contributed by atoms with E-state index in [1.165, 1.54) is 5.71 Å². The van der Waals surface area contributed by atoms with Gasteiger partial charge in [0.05, 0.1) is 5.60 Å². The summed E-state index contributed by atoms with van der Waals surface area (Å²) in [6.07, 6.45) is 3.15. The Bertz CT molecular complexity index is 236. The van der Waals surface area contributed by atoms with Crippen LogP contribution in [-0.2, 0) is 4.74 Å². The van der Waals surface area contributed by atoms with Crippen LogP contribution in [0.5, 0.6) is 0 Å². The first-order valence-electron chi connectivity index (χ1n) is 5.97. The number of nitrogens with zero attached hydrogens (tertiary/aromatic N) is 2. The van der Waals surface area contributed by atoms with Crippen LogP contribution in [0.1, 0.15) is 53.9 Å². The molecule has 1 unspecified atom stereocenters. The van der Waals surface area contributed by atoms with Crippen LogP contribution in [-0.4, -0.2) is 29.1 Å². The molecule has 1 rings (SSSR count). The summed E-state index contributed by atoms with van der Waals surface area (Å²) in [6.45, 7) is 11.7. The highest BCUT2D eigenvalue weighted by Gasteiger charge is 2.30. The van der Waals surface area contributed by atoms with Crippen molar-refractivity contribution in [2.45, 2.75) is 65.7 Å². The molecule has 15 heavy (non-hydrogen) atoms. The van der Waals surface area contributed by atoms with E-state index in [0.717, 1.165) is 25.8 Å². The molecule has 1 heterocycles. The van der Waals surface area contributed by atoms with Gasteiger partial charge in [-0.15, -0.1) is 0 Å². The first kappa shape index (κ1) is 12.5. The first-order valence-corrected chi connectivity index (χ1v) is 5.97. The molecule has 0 N–H and O–H groups in total. The molecule has 88 valence electrons. The molecule has 1 aliphatic heterocycles. The largest absolute Gasteiger partial charge is 0.351 e. The van der Waals surface area contributed by atoms with E-state index < -0.39 is 0 Å². The molecule has 0 saturated heterocycles. The van der Waals surface area contributed by atoms with Crippen molar-refractivity contribution < 1.29 is 4.74 Å². The van der Waals surface area contributed by atoms with Crippen molar-refractivity contribution in [3.63, 3.8) is 0 Å². The van der Waals surface area contributed by atoms with Gasteiger partial charge in [0.25, 0.3) is 0 Å². The molecule has 0 bridgehead atoms. The van der Waals surface area contributed by atoms with Gasteiger partial charge >= 0.3 is 0 Å². The Labute approximate surface area is 93.5 Å². The predicted molar refractivity (Wildman–Crippen MR) is 64.0 cm³/mol. The predicted octanol–water partition coefficient (Wildman–Crippen LogP) is 3.01. The average Bonchev–Trinajstić information content (AvgIpc) is 2.22. The minimum Gasteiger partial charge on any atom is -0.351 e. The molecule has 3 nitrogen and oxygen atoms in total. The number of hydrazone groups is 1. The van der Waals surface area contributed by atoms with Crippen molar-refractivity contribution in [1.29, 1.82) is 0 Å². The molecule has 0 aliphatic carbocycles. The Kier molecular flexibility index (Phi) is 4.14. The lowest BCUT2D eigenvalue weighted by Gasteiger charge is -2.32. The van der Waals surface area contributed by atoms with Crippen LogP contribution in [0.3, 0.4) is 0 Å². The average molecular weight is 212 g/mol. The molecule has 3 heteroatoms. The Morgan fingerprint density at radius 1 is 1.47 bits per heavy atom. The maximum absolute atomic E-state index is 6.09. The molecule has 0 aromatic carbocycles. The Hall–Kier alpha value is -0.570.